The highest BCUT2D eigenvalue weighted by Crippen LogP contribution is 2.29. The van der Waals surface area contributed by atoms with Gasteiger partial charge in [-0.05, 0) is 55.7 Å². The first-order valence-electron chi connectivity index (χ1n) is 9.92. The molecule has 1 heterocycles. The van der Waals surface area contributed by atoms with E-state index in [9.17, 15) is 21.6 Å². The number of aryl methyl sites for hydroxylation is 2. The van der Waals surface area contributed by atoms with Crippen molar-refractivity contribution in [3.05, 3.63) is 34.9 Å². The lowest BCUT2D eigenvalue weighted by atomic mass is 10.1. The monoisotopic (exact) mass is 560 g/mol. The van der Waals surface area contributed by atoms with E-state index in [2.05, 4.69) is 33.8 Å². The lowest BCUT2D eigenvalue weighted by Gasteiger charge is -2.32. The lowest BCUT2D eigenvalue weighted by Crippen LogP contribution is -2.51. The summed E-state index contributed by atoms with van der Waals surface area (Å²) in [5, 5.41) is 6.37. The van der Waals surface area contributed by atoms with Crippen LogP contribution in [0.2, 0.25) is 0 Å². The first kappa shape index (κ1) is 25.2. The van der Waals surface area contributed by atoms with Gasteiger partial charge in [0.2, 0.25) is 0 Å². The number of rotatable bonds is 5. The maximum Gasteiger partial charge on any atom is 0.511 e. The second-order valence-corrected chi connectivity index (χ2v) is 9.35. The highest BCUT2D eigenvalue weighted by molar-refractivity contribution is 14.0. The molecule has 0 spiro atoms. The SMILES string of the molecule is CCNC(=NCc1ccc2c(c1)CCC2)NC1CCN(S(=O)(=O)C(F)(F)F)CC1.I. The van der Waals surface area contributed by atoms with Crippen LogP contribution in [0.3, 0.4) is 0 Å². The number of alkyl halides is 3. The fourth-order valence-electron chi connectivity index (χ4n) is 3.79. The zero-order valence-corrected chi connectivity index (χ0v) is 20.0. The predicted molar refractivity (Wildman–Crippen MR) is 121 cm³/mol. The number of sulfonamides is 1. The van der Waals surface area contributed by atoms with Crippen LogP contribution >= 0.6 is 24.0 Å². The Kier molecular flexibility index (Phi) is 8.80. The quantitative estimate of drug-likeness (QED) is 0.330. The van der Waals surface area contributed by atoms with Gasteiger partial charge in [-0.1, -0.05) is 18.2 Å². The third-order valence-electron chi connectivity index (χ3n) is 5.35. The zero-order chi connectivity index (χ0) is 21.1. The van der Waals surface area contributed by atoms with E-state index < -0.39 is 15.5 Å². The van der Waals surface area contributed by atoms with E-state index in [1.54, 1.807) is 0 Å². The van der Waals surface area contributed by atoms with Crippen LogP contribution in [-0.2, 0) is 29.4 Å². The third-order valence-corrected chi connectivity index (χ3v) is 6.98. The molecule has 2 N–H and O–H groups in total. The summed E-state index contributed by atoms with van der Waals surface area (Å²) in [4.78, 5) is 4.59. The minimum atomic E-state index is -5.25. The van der Waals surface area contributed by atoms with Crippen molar-refractivity contribution < 1.29 is 21.6 Å². The van der Waals surface area contributed by atoms with Crippen LogP contribution in [0.1, 0.15) is 42.9 Å². The fraction of sp³-hybridized carbons (Fsp3) is 0.632. The Morgan fingerprint density at radius 2 is 1.87 bits per heavy atom. The smallest absolute Gasteiger partial charge is 0.357 e. The summed E-state index contributed by atoms with van der Waals surface area (Å²) in [6, 6.07) is 6.30. The summed E-state index contributed by atoms with van der Waals surface area (Å²) < 4.78 is 61.6. The molecule has 0 amide bonds. The molecular weight excluding hydrogens is 532 g/mol. The van der Waals surface area contributed by atoms with Gasteiger partial charge < -0.3 is 10.6 Å². The number of fused-ring (bicyclic) bond motifs is 1. The number of halogens is 4. The van der Waals surface area contributed by atoms with Gasteiger partial charge in [0.1, 0.15) is 0 Å². The molecule has 1 aliphatic heterocycles. The van der Waals surface area contributed by atoms with Gasteiger partial charge in [-0.25, -0.2) is 13.4 Å². The van der Waals surface area contributed by atoms with Gasteiger partial charge in [0.15, 0.2) is 5.96 Å². The third kappa shape index (κ3) is 6.00. The van der Waals surface area contributed by atoms with Crippen molar-refractivity contribution in [2.45, 2.75) is 57.1 Å². The number of hydrogen-bond donors (Lipinski definition) is 2. The highest BCUT2D eigenvalue weighted by Gasteiger charge is 2.50. The summed E-state index contributed by atoms with van der Waals surface area (Å²) in [5.41, 5.74) is -1.34. The summed E-state index contributed by atoms with van der Waals surface area (Å²) in [6.07, 6.45) is 4.00. The van der Waals surface area contributed by atoms with Crippen molar-refractivity contribution in [1.82, 2.24) is 14.9 Å². The molecule has 0 unspecified atom stereocenters. The topological polar surface area (TPSA) is 73.8 Å². The van der Waals surface area contributed by atoms with Crippen molar-refractivity contribution in [3.63, 3.8) is 0 Å². The van der Waals surface area contributed by atoms with Crippen molar-refractivity contribution in [2.75, 3.05) is 19.6 Å². The Morgan fingerprint density at radius 1 is 1.20 bits per heavy atom. The molecule has 0 radical (unpaired) electrons. The summed E-state index contributed by atoms with van der Waals surface area (Å²) in [7, 11) is -5.25. The van der Waals surface area contributed by atoms with Crippen LogP contribution in [-0.4, -0.2) is 49.9 Å². The van der Waals surface area contributed by atoms with Gasteiger partial charge in [0.25, 0.3) is 0 Å². The molecule has 1 aliphatic carbocycles. The standard InChI is InChI=1S/C19H27F3N4O2S.HI/c1-2-23-18(24-13-14-6-7-15-4-3-5-16(15)12-14)25-17-8-10-26(11-9-17)29(27,28)19(20,21)22;/h6-7,12,17H,2-5,8-11,13H2,1H3,(H2,23,24,25);1H. The van der Waals surface area contributed by atoms with Crippen LogP contribution in [0, 0.1) is 0 Å². The van der Waals surface area contributed by atoms with Gasteiger partial charge in [0, 0.05) is 25.7 Å². The number of nitrogens with one attached hydrogen (secondary N) is 2. The van der Waals surface area contributed by atoms with Gasteiger partial charge >= 0.3 is 15.5 Å². The predicted octanol–water partition coefficient (Wildman–Crippen LogP) is 3.16. The van der Waals surface area contributed by atoms with Gasteiger partial charge in [-0.15, -0.1) is 24.0 Å². The second kappa shape index (κ2) is 10.5. The van der Waals surface area contributed by atoms with E-state index in [0.29, 0.717) is 36.2 Å². The van der Waals surface area contributed by atoms with E-state index in [0.717, 1.165) is 18.4 Å². The molecule has 1 fully saturated rings. The maximum atomic E-state index is 12.7. The van der Waals surface area contributed by atoms with Crippen LogP contribution in [0.25, 0.3) is 0 Å². The largest absolute Gasteiger partial charge is 0.511 e. The molecule has 170 valence electrons. The Labute approximate surface area is 192 Å². The van der Waals surface area contributed by atoms with Crippen LogP contribution < -0.4 is 10.6 Å². The molecule has 30 heavy (non-hydrogen) atoms. The number of guanidine groups is 1. The molecule has 0 atom stereocenters. The summed E-state index contributed by atoms with van der Waals surface area (Å²) in [5.74, 6) is 0.588. The summed E-state index contributed by atoms with van der Waals surface area (Å²) in [6.45, 7) is 2.76. The molecule has 1 aromatic carbocycles. The van der Waals surface area contributed by atoms with E-state index >= 15 is 0 Å². The van der Waals surface area contributed by atoms with Crippen molar-refractivity contribution >= 4 is 40.0 Å². The summed E-state index contributed by atoms with van der Waals surface area (Å²) >= 11 is 0. The van der Waals surface area contributed by atoms with Crippen LogP contribution in [0.4, 0.5) is 13.2 Å². The zero-order valence-electron chi connectivity index (χ0n) is 16.8. The van der Waals surface area contributed by atoms with Gasteiger partial charge in [-0.2, -0.15) is 17.5 Å². The molecular formula is C19H28F3IN4O2S. The van der Waals surface area contributed by atoms with Gasteiger partial charge in [0.05, 0.1) is 6.54 Å². The van der Waals surface area contributed by atoms with E-state index in [4.69, 9.17) is 0 Å². The molecule has 0 aromatic heterocycles. The van der Waals surface area contributed by atoms with Crippen molar-refractivity contribution in [3.8, 4) is 0 Å². The average molecular weight is 560 g/mol. The average Bonchev–Trinajstić information content (AvgIpc) is 3.13. The number of hydrogen-bond acceptors (Lipinski definition) is 3. The molecule has 1 aromatic rings. The minimum absolute atomic E-state index is 0. The van der Waals surface area contributed by atoms with Gasteiger partial charge in [-0.3, -0.25) is 0 Å². The number of nitrogens with zero attached hydrogens (tertiary/aromatic N) is 2. The van der Waals surface area contributed by atoms with Crippen LogP contribution in [0.15, 0.2) is 23.2 Å². The minimum Gasteiger partial charge on any atom is -0.357 e. The second-order valence-electron chi connectivity index (χ2n) is 7.42. The lowest BCUT2D eigenvalue weighted by molar-refractivity contribution is -0.0494. The number of aliphatic imine (C=N–C) groups is 1. The van der Waals surface area contributed by atoms with E-state index in [-0.39, 0.29) is 43.1 Å². The Morgan fingerprint density at radius 3 is 2.50 bits per heavy atom. The Balaban J connectivity index is 0.00000320. The molecule has 1 saturated heterocycles. The molecule has 3 rings (SSSR count). The van der Waals surface area contributed by atoms with Crippen molar-refractivity contribution in [1.29, 1.82) is 0 Å². The highest BCUT2D eigenvalue weighted by atomic mass is 127. The first-order valence-corrected chi connectivity index (χ1v) is 11.4. The normalized spacial score (nSPS) is 18.6. The van der Waals surface area contributed by atoms with E-state index in [1.807, 2.05) is 6.92 Å². The number of piperidine rings is 1. The first-order chi connectivity index (χ1) is 13.7. The Bertz CT molecular complexity index is 854. The fourth-order valence-corrected chi connectivity index (χ4v) is 4.78. The maximum absolute atomic E-state index is 12.7. The van der Waals surface area contributed by atoms with Crippen molar-refractivity contribution in [2.24, 2.45) is 4.99 Å². The number of benzene rings is 1. The Hall–Kier alpha value is -1.08. The van der Waals surface area contributed by atoms with E-state index in [1.165, 1.54) is 17.5 Å². The molecule has 0 bridgehead atoms. The molecule has 0 saturated carbocycles. The molecule has 6 nitrogen and oxygen atoms in total. The molecule has 2 aliphatic rings. The van der Waals surface area contributed by atoms with Crippen LogP contribution in [0.5, 0.6) is 0 Å². The molecule has 11 heteroatoms.